The molecule has 2 nitrogen and oxygen atoms in total. The fraction of sp³-hybridized carbons (Fsp3) is 1.00. The molecule has 1 unspecified atom stereocenters. The molecule has 0 rings (SSSR count). The molecular formula is C4H12O2P+. The van der Waals surface area contributed by atoms with Gasteiger partial charge in [0, 0.05) is 0 Å². The van der Waals surface area contributed by atoms with Gasteiger partial charge in [-0.05, 0) is 6.92 Å². The van der Waals surface area contributed by atoms with Crippen molar-refractivity contribution in [2.24, 2.45) is 0 Å². The molecule has 0 aliphatic carbocycles. The summed E-state index contributed by atoms with van der Waals surface area (Å²) in [5.41, 5.74) is 0. The minimum atomic E-state index is -1.90. The monoisotopic (exact) mass is 123 g/mol. The van der Waals surface area contributed by atoms with Gasteiger partial charge in [-0.2, -0.15) is 0 Å². The van der Waals surface area contributed by atoms with Crippen LogP contribution < -0.4 is 0 Å². The van der Waals surface area contributed by atoms with Crippen LogP contribution in [0.4, 0.5) is 0 Å². The molecule has 0 aliphatic rings. The predicted molar refractivity (Wildman–Crippen MR) is 32.6 cm³/mol. The summed E-state index contributed by atoms with van der Waals surface area (Å²) >= 11 is 0. The summed E-state index contributed by atoms with van der Waals surface area (Å²) in [6, 6.07) is 0. The third-order valence-electron chi connectivity index (χ3n) is 0.980. The molecule has 0 saturated carbocycles. The van der Waals surface area contributed by atoms with E-state index in [-0.39, 0.29) is 0 Å². The van der Waals surface area contributed by atoms with E-state index in [1.54, 1.807) is 6.66 Å². The van der Waals surface area contributed by atoms with Crippen LogP contribution in [0.1, 0.15) is 6.92 Å². The normalized spacial score (nSPS) is 18.9. The Morgan fingerprint density at radius 3 is 2.14 bits per heavy atom. The molecule has 0 amide bonds. The summed E-state index contributed by atoms with van der Waals surface area (Å²) in [7, 11) is -0.365. The average Bonchev–Trinajstić information content (AvgIpc) is 1.68. The van der Waals surface area contributed by atoms with Crippen LogP contribution in [0.3, 0.4) is 0 Å². The first-order chi connectivity index (χ1) is 3.12. The van der Waals surface area contributed by atoms with Gasteiger partial charge in [-0.15, -0.1) is 0 Å². The third-order valence-corrected chi connectivity index (χ3v) is 2.94. The molecule has 0 bridgehead atoms. The lowest BCUT2D eigenvalue weighted by molar-refractivity contribution is 0.372. The van der Waals surface area contributed by atoms with E-state index in [0.717, 1.165) is 6.16 Å². The van der Waals surface area contributed by atoms with Crippen LogP contribution in [0, 0.1) is 0 Å². The highest BCUT2D eigenvalue weighted by atomic mass is 31.2. The van der Waals surface area contributed by atoms with Gasteiger partial charge in [0.25, 0.3) is 7.72 Å². The lowest BCUT2D eigenvalue weighted by Gasteiger charge is -2.06. The summed E-state index contributed by atoms with van der Waals surface area (Å²) < 4.78 is 4.75. The van der Waals surface area contributed by atoms with Crippen molar-refractivity contribution in [3.63, 3.8) is 0 Å². The highest BCUT2D eigenvalue weighted by Crippen LogP contribution is 2.49. The van der Waals surface area contributed by atoms with E-state index >= 15 is 0 Å². The zero-order chi connectivity index (χ0) is 5.91. The van der Waals surface area contributed by atoms with Crippen molar-refractivity contribution in [1.29, 1.82) is 0 Å². The lowest BCUT2D eigenvalue weighted by atomic mass is 11.0. The van der Waals surface area contributed by atoms with Crippen molar-refractivity contribution in [3.8, 4) is 0 Å². The first kappa shape index (κ1) is 7.35. The predicted octanol–water partition coefficient (Wildman–Crippen LogP) is 1.12. The van der Waals surface area contributed by atoms with E-state index in [0.29, 0.717) is 0 Å². The highest BCUT2D eigenvalue weighted by Gasteiger charge is 2.24. The molecular weight excluding hydrogens is 111 g/mol. The molecule has 0 aromatic heterocycles. The van der Waals surface area contributed by atoms with Gasteiger partial charge in [0.2, 0.25) is 0 Å². The first-order valence-electron chi connectivity index (χ1n) is 2.26. The summed E-state index contributed by atoms with van der Waals surface area (Å²) in [5.74, 6) is 0. The molecule has 0 saturated heterocycles. The van der Waals surface area contributed by atoms with E-state index in [9.17, 15) is 0 Å². The number of hydrogen-bond donors (Lipinski definition) is 1. The van der Waals surface area contributed by atoms with Crippen LogP contribution in [-0.2, 0) is 4.52 Å². The van der Waals surface area contributed by atoms with Gasteiger partial charge in [0.15, 0.2) is 0 Å². The topological polar surface area (TPSA) is 29.5 Å². The molecule has 0 radical (unpaired) electrons. The van der Waals surface area contributed by atoms with Gasteiger partial charge in [0.1, 0.15) is 12.8 Å². The molecule has 0 aliphatic heterocycles. The second-order valence-electron chi connectivity index (χ2n) is 1.55. The van der Waals surface area contributed by atoms with Crippen molar-refractivity contribution in [3.05, 3.63) is 0 Å². The van der Waals surface area contributed by atoms with E-state index in [1.165, 1.54) is 7.11 Å². The molecule has 0 spiro atoms. The maximum Gasteiger partial charge on any atom is 0.267 e. The fourth-order valence-electron chi connectivity index (χ4n) is 0.129. The maximum atomic E-state index is 9.02. The zero-order valence-electron chi connectivity index (χ0n) is 5.01. The fourth-order valence-corrected chi connectivity index (χ4v) is 0.387. The number of rotatable bonds is 2. The Morgan fingerprint density at radius 2 is 2.14 bits per heavy atom. The molecule has 0 aromatic rings. The van der Waals surface area contributed by atoms with Crippen LogP contribution >= 0.6 is 7.72 Å². The van der Waals surface area contributed by atoms with Gasteiger partial charge in [-0.25, -0.2) is 9.42 Å². The van der Waals surface area contributed by atoms with Gasteiger partial charge in [0.05, 0.1) is 7.11 Å². The largest absolute Gasteiger partial charge is 0.267 e. The number of hydrogen-bond acceptors (Lipinski definition) is 2. The molecule has 3 heteroatoms. The van der Waals surface area contributed by atoms with Crippen molar-refractivity contribution < 1.29 is 9.42 Å². The van der Waals surface area contributed by atoms with Gasteiger partial charge in [-0.3, -0.25) is 0 Å². The van der Waals surface area contributed by atoms with Gasteiger partial charge >= 0.3 is 0 Å². The second-order valence-corrected chi connectivity index (χ2v) is 4.65. The third kappa shape index (κ3) is 2.98. The molecule has 7 heavy (non-hydrogen) atoms. The molecule has 0 heterocycles. The van der Waals surface area contributed by atoms with Crippen LogP contribution in [0.15, 0.2) is 0 Å². The minimum absolute atomic E-state index is 0.740. The Morgan fingerprint density at radius 1 is 1.71 bits per heavy atom. The Hall–Kier alpha value is 0.350. The van der Waals surface area contributed by atoms with Crippen LogP contribution in [-0.4, -0.2) is 24.8 Å². The molecule has 0 aromatic carbocycles. The Balaban J connectivity index is 3.36. The minimum Gasteiger partial charge on any atom is -0.220 e. The van der Waals surface area contributed by atoms with Crippen molar-refractivity contribution in [1.82, 2.24) is 0 Å². The van der Waals surface area contributed by atoms with Crippen LogP contribution in [0.25, 0.3) is 0 Å². The SMILES string of the molecule is CC[P+](C)(O)OC. The van der Waals surface area contributed by atoms with Crippen molar-refractivity contribution in [2.45, 2.75) is 6.92 Å². The summed E-state index contributed by atoms with van der Waals surface area (Å²) in [5, 5.41) is 0. The standard InChI is InChI=1S/C4H12O2P/c1-4-7(3,5)6-2/h5H,4H2,1-3H3/q+1. The summed E-state index contributed by atoms with van der Waals surface area (Å²) in [6.07, 6.45) is 0.740. The maximum absolute atomic E-state index is 9.02. The van der Waals surface area contributed by atoms with Crippen LogP contribution in [0.5, 0.6) is 0 Å². The Bertz CT molecular complexity index is 47.7. The molecule has 0 fully saturated rings. The molecule has 1 N–H and O–H groups in total. The molecule has 1 atom stereocenters. The van der Waals surface area contributed by atoms with Gasteiger partial charge in [-0.1, -0.05) is 0 Å². The van der Waals surface area contributed by atoms with E-state index in [1.807, 2.05) is 6.92 Å². The van der Waals surface area contributed by atoms with Gasteiger partial charge < -0.3 is 0 Å². The first-order valence-corrected chi connectivity index (χ1v) is 4.55. The lowest BCUT2D eigenvalue weighted by Crippen LogP contribution is -1.92. The quantitative estimate of drug-likeness (QED) is 0.557. The average molecular weight is 123 g/mol. The second kappa shape index (κ2) is 2.61. The highest BCUT2D eigenvalue weighted by molar-refractivity contribution is 7.64. The molecule has 44 valence electrons. The van der Waals surface area contributed by atoms with E-state index in [4.69, 9.17) is 9.42 Å². The van der Waals surface area contributed by atoms with Crippen molar-refractivity contribution in [2.75, 3.05) is 19.9 Å². The summed E-state index contributed by atoms with van der Waals surface area (Å²) in [4.78, 5) is 9.02. The smallest absolute Gasteiger partial charge is 0.220 e. The Kier molecular flexibility index (Phi) is 2.74. The van der Waals surface area contributed by atoms with Crippen LogP contribution in [0.2, 0.25) is 0 Å². The summed E-state index contributed by atoms with van der Waals surface area (Å²) in [6.45, 7) is 3.66. The van der Waals surface area contributed by atoms with E-state index in [2.05, 4.69) is 0 Å². The van der Waals surface area contributed by atoms with E-state index < -0.39 is 7.72 Å². The zero-order valence-corrected chi connectivity index (χ0v) is 5.90. The van der Waals surface area contributed by atoms with Crippen molar-refractivity contribution >= 4 is 7.72 Å². The Labute approximate surface area is 45.0 Å².